The molecule has 1 aromatic carbocycles. The van der Waals surface area contributed by atoms with Crippen LogP contribution in [0.15, 0.2) is 18.2 Å². The number of aryl methyl sites for hydroxylation is 1. The number of benzene rings is 1. The molecule has 0 heterocycles. The van der Waals surface area contributed by atoms with Crippen molar-refractivity contribution in [3.8, 4) is 5.75 Å². The number of hydrogen-bond donors (Lipinski definition) is 1. The Kier molecular flexibility index (Phi) is 5.85. The fraction of sp³-hybridized carbons (Fsp3) is 0.429. The van der Waals surface area contributed by atoms with E-state index in [2.05, 4.69) is 5.32 Å². The number of ether oxygens (including phenoxy) is 2. The fourth-order valence-electron chi connectivity index (χ4n) is 1.66. The predicted octanol–water partition coefficient (Wildman–Crippen LogP) is 1.23. The topological polar surface area (TPSA) is 64.6 Å². The summed E-state index contributed by atoms with van der Waals surface area (Å²) in [5.41, 5.74) is 1.85. The molecule has 0 unspecified atom stereocenters. The number of hydrogen-bond acceptors (Lipinski definition) is 4. The SMILES string of the molecule is CCOC(=O)CNC(=O)Cc1cc(C)ccc1OC. The molecule has 0 spiro atoms. The van der Waals surface area contributed by atoms with Crippen molar-refractivity contribution in [3.05, 3.63) is 29.3 Å². The molecule has 0 saturated heterocycles. The highest BCUT2D eigenvalue weighted by Crippen LogP contribution is 2.19. The molecule has 0 fully saturated rings. The average molecular weight is 265 g/mol. The van der Waals surface area contributed by atoms with Crippen LogP contribution in [0, 0.1) is 6.92 Å². The second-order valence-electron chi connectivity index (χ2n) is 4.07. The highest BCUT2D eigenvalue weighted by molar-refractivity contribution is 5.83. The first-order valence-corrected chi connectivity index (χ1v) is 6.12. The molecule has 0 aromatic heterocycles. The maximum atomic E-state index is 11.7. The van der Waals surface area contributed by atoms with Crippen molar-refractivity contribution in [2.45, 2.75) is 20.3 Å². The lowest BCUT2D eigenvalue weighted by atomic mass is 10.1. The lowest BCUT2D eigenvalue weighted by molar-refractivity contribution is -0.143. The predicted molar refractivity (Wildman–Crippen MR) is 71.1 cm³/mol. The van der Waals surface area contributed by atoms with E-state index in [-0.39, 0.29) is 18.9 Å². The van der Waals surface area contributed by atoms with Gasteiger partial charge in [-0.15, -0.1) is 0 Å². The zero-order valence-electron chi connectivity index (χ0n) is 11.5. The van der Waals surface area contributed by atoms with Crippen molar-refractivity contribution in [1.29, 1.82) is 0 Å². The molecule has 0 atom stereocenters. The van der Waals surface area contributed by atoms with E-state index in [9.17, 15) is 9.59 Å². The van der Waals surface area contributed by atoms with E-state index in [1.807, 2.05) is 25.1 Å². The van der Waals surface area contributed by atoms with Gasteiger partial charge in [0, 0.05) is 5.56 Å². The molecule has 0 bridgehead atoms. The molecule has 5 heteroatoms. The highest BCUT2D eigenvalue weighted by Gasteiger charge is 2.10. The lowest BCUT2D eigenvalue weighted by Crippen LogP contribution is -2.31. The van der Waals surface area contributed by atoms with Gasteiger partial charge in [0.2, 0.25) is 5.91 Å². The van der Waals surface area contributed by atoms with Crippen LogP contribution in [0.25, 0.3) is 0 Å². The monoisotopic (exact) mass is 265 g/mol. The van der Waals surface area contributed by atoms with E-state index in [1.165, 1.54) is 0 Å². The third-order valence-corrected chi connectivity index (χ3v) is 2.52. The molecule has 0 aliphatic rings. The Morgan fingerprint density at radius 3 is 2.68 bits per heavy atom. The van der Waals surface area contributed by atoms with E-state index in [1.54, 1.807) is 14.0 Å². The van der Waals surface area contributed by atoms with Gasteiger partial charge in [0.15, 0.2) is 0 Å². The number of amides is 1. The van der Waals surface area contributed by atoms with Crippen LogP contribution < -0.4 is 10.1 Å². The Bertz CT molecular complexity index is 457. The van der Waals surface area contributed by atoms with Gasteiger partial charge in [-0.25, -0.2) is 0 Å². The third-order valence-electron chi connectivity index (χ3n) is 2.52. The number of carbonyl (C=O) groups is 2. The molecule has 0 aliphatic carbocycles. The van der Waals surface area contributed by atoms with Gasteiger partial charge in [0.1, 0.15) is 12.3 Å². The molecule has 0 saturated carbocycles. The van der Waals surface area contributed by atoms with Gasteiger partial charge < -0.3 is 14.8 Å². The van der Waals surface area contributed by atoms with Gasteiger partial charge in [-0.3, -0.25) is 9.59 Å². The zero-order valence-corrected chi connectivity index (χ0v) is 11.5. The summed E-state index contributed by atoms with van der Waals surface area (Å²) in [6, 6.07) is 5.63. The highest BCUT2D eigenvalue weighted by atomic mass is 16.5. The van der Waals surface area contributed by atoms with E-state index < -0.39 is 5.97 Å². The molecule has 19 heavy (non-hydrogen) atoms. The van der Waals surface area contributed by atoms with Crippen LogP contribution in [-0.4, -0.2) is 32.1 Å². The van der Waals surface area contributed by atoms with E-state index >= 15 is 0 Å². The molecular formula is C14H19NO4. The van der Waals surface area contributed by atoms with E-state index in [0.29, 0.717) is 12.4 Å². The van der Waals surface area contributed by atoms with Crippen LogP contribution in [0.3, 0.4) is 0 Å². The quantitative estimate of drug-likeness (QED) is 0.786. The first kappa shape index (κ1) is 15.0. The second kappa shape index (κ2) is 7.41. The van der Waals surface area contributed by atoms with Crippen molar-refractivity contribution in [1.82, 2.24) is 5.32 Å². The number of nitrogens with one attached hydrogen (secondary N) is 1. The summed E-state index contributed by atoms with van der Waals surface area (Å²) in [6.45, 7) is 3.86. The maximum absolute atomic E-state index is 11.7. The number of rotatable bonds is 6. The second-order valence-corrected chi connectivity index (χ2v) is 4.07. The molecule has 1 aromatic rings. The molecule has 5 nitrogen and oxygen atoms in total. The van der Waals surface area contributed by atoms with Crippen molar-refractivity contribution in [2.24, 2.45) is 0 Å². The smallest absolute Gasteiger partial charge is 0.325 e. The van der Waals surface area contributed by atoms with E-state index in [4.69, 9.17) is 9.47 Å². The molecule has 1 rings (SSSR count). The maximum Gasteiger partial charge on any atom is 0.325 e. The summed E-state index contributed by atoms with van der Waals surface area (Å²) in [7, 11) is 1.56. The minimum atomic E-state index is -0.438. The standard InChI is InChI=1S/C14H19NO4/c1-4-19-14(17)9-15-13(16)8-11-7-10(2)5-6-12(11)18-3/h5-7H,4,8-9H2,1-3H3,(H,15,16). The summed E-state index contributed by atoms with van der Waals surface area (Å²) < 4.78 is 9.92. The normalized spacial score (nSPS) is 9.84. The van der Waals surface area contributed by atoms with Gasteiger partial charge in [-0.1, -0.05) is 17.7 Å². The summed E-state index contributed by atoms with van der Waals surface area (Å²) in [6.07, 6.45) is 0.171. The fourth-order valence-corrected chi connectivity index (χ4v) is 1.66. The molecule has 0 aliphatic heterocycles. The van der Waals surface area contributed by atoms with Gasteiger partial charge >= 0.3 is 5.97 Å². The Morgan fingerprint density at radius 2 is 2.05 bits per heavy atom. The first-order chi connectivity index (χ1) is 9.06. The van der Waals surface area contributed by atoms with Gasteiger partial charge in [-0.2, -0.15) is 0 Å². The summed E-state index contributed by atoms with van der Waals surface area (Å²) in [4.78, 5) is 22.8. The minimum Gasteiger partial charge on any atom is -0.496 e. The molecule has 1 N–H and O–H groups in total. The lowest BCUT2D eigenvalue weighted by Gasteiger charge is -2.09. The van der Waals surface area contributed by atoms with Gasteiger partial charge in [0.05, 0.1) is 20.1 Å². The summed E-state index contributed by atoms with van der Waals surface area (Å²) >= 11 is 0. The Morgan fingerprint density at radius 1 is 1.32 bits per heavy atom. The Balaban J connectivity index is 2.57. The molecule has 0 radical (unpaired) electrons. The van der Waals surface area contributed by atoms with Crippen LogP contribution in [0.2, 0.25) is 0 Å². The number of carbonyl (C=O) groups excluding carboxylic acids is 2. The molecule has 104 valence electrons. The third kappa shape index (κ3) is 4.99. The first-order valence-electron chi connectivity index (χ1n) is 6.12. The van der Waals surface area contributed by atoms with Crippen LogP contribution in [0.4, 0.5) is 0 Å². The van der Waals surface area contributed by atoms with Crippen LogP contribution in [0.5, 0.6) is 5.75 Å². The number of methoxy groups -OCH3 is 1. The zero-order chi connectivity index (χ0) is 14.3. The minimum absolute atomic E-state index is 0.110. The average Bonchev–Trinajstić information content (AvgIpc) is 2.37. The van der Waals surface area contributed by atoms with Crippen LogP contribution in [-0.2, 0) is 20.7 Å². The van der Waals surface area contributed by atoms with E-state index in [0.717, 1.165) is 11.1 Å². The Labute approximate surface area is 112 Å². The molecule has 1 amide bonds. The van der Waals surface area contributed by atoms with Crippen molar-refractivity contribution in [2.75, 3.05) is 20.3 Å². The largest absolute Gasteiger partial charge is 0.496 e. The van der Waals surface area contributed by atoms with Crippen molar-refractivity contribution >= 4 is 11.9 Å². The van der Waals surface area contributed by atoms with Crippen molar-refractivity contribution < 1.29 is 19.1 Å². The Hall–Kier alpha value is -2.04. The van der Waals surface area contributed by atoms with Gasteiger partial charge in [0.25, 0.3) is 0 Å². The van der Waals surface area contributed by atoms with Crippen molar-refractivity contribution in [3.63, 3.8) is 0 Å². The number of esters is 1. The van der Waals surface area contributed by atoms with Gasteiger partial charge in [-0.05, 0) is 19.9 Å². The van der Waals surface area contributed by atoms with Crippen LogP contribution >= 0.6 is 0 Å². The summed E-state index contributed by atoms with van der Waals surface area (Å²) in [5.74, 6) is -0.0131. The van der Waals surface area contributed by atoms with Crippen LogP contribution in [0.1, 0.15) is 18.1 Å². The summed E-state index contributed by atoms with van der Waals surface area (Å²) in [5, 5.41) is 2.52. The molecular weight excluding hydrogens is 246 g/mol.